The van der Waals surface area contributed by atoms with Crippen molar-refractivity contribution >= 4 is 17.7 Å². The van der Waals surface area contributed by atoms with Crippen molar-refractivity contribution < 1.29 is 15.0 Å². The topological polar surface area (TPSA) is 57.5 Å². The van der Waals surface area contributed by atoms with Crippen LogP contribution in [0.1, 0.15) is 18.1 Å². The first-order valence-electron chi connectivity index (χ1n) is 6.39. The van der Waals surface area contributed by atoms with Gasteiger partial charge in [-0.05, 0) is 47.9 Å². The van der Waals surface area contributed by atoms with Crippen molar-refractivity contribution in [3.63, 3.8) is 0 Å². The molecule has 0 saturated heterocycles. The second-order valence-corrected chi connectivity index (χ2v) is 5.58. The second kappa shape index (κ2) is 6.48. The van der Waals surface area contributed by atoms with Crippen LogP contribution in [0, 0.1) is 0 Å². The van der Waals surface area contributed by atoms with Gasteiger partial charge in [-0.3, -0.25) is 4.79 Å². The smallest absolute Gasteiger partial charge is 0.307 e. The summed E-state index contributed by atoms with van der Waals surface area (Å²) in [7, 11) is 0. The lowest BCUT2D eigenvalue weighted by molar-refractivity contribution is -0.136. The molecule has 104 valence electrons. The molecule has 0 aliphatic rings. The molecule has 0 fully saturated rings. The van der Waals surface area contributed by atoms with Crippen LogP contribution in [0.3, 0.4) is 0 Å². The molecular formula is C16H16O3S. The van der Waals surface area contributed by atoms with E-state index in [1.165, 1.54) is 0 Å². The monoisotopic (exact) mass is 288 g/mol. The normalized spacial score (nSPS) is 10.4. The van der Waals surface area contributed by atoms with Crippen LogP contribution in [0.2, 0.25) is 0 Å². The van der Waals surface area contributed by atoms with Crippen molar-refractivity contribution in [3.05, 3.63) is 53.6 Å². The molecule has 0 aliphatic heterocycles. The third kappa shape index (κ3) is 3.78. The number of carboxylic acids is 1. The van der Waals surface area contributed by atoms with E-state index in [0.29, 0.717) is 0 Å². The van der Waals surface area contributed by atoms with E-state index in [2.05, 4.69) is 6.92 Å². The fraction of sp³-hybridized carbons (Fsp3) is 0.188. The summed E-state index contributed by atoms with van der Waals surface area (Å²) in [5.41, 5.74) is 1.90. The van der Waals surface area contributed by atoms with Crippen molar-refractivity contribution in [2.75, 3.05) is 0 Å². The molecule has 0 aromatic heterocycles. The number of benzene rings is 2. The van der Waals surface area contributed by atoms with Gasteiger partial charge in [0.25, 0.3) is 0 Å². The number of carboxylic acid groups (broad SMARTS) is 1. The van der Waals surface area contributed by atoms with Crippen LogP contribution in [-0.2, 0) is 17.6 Å². The molecular weight excluding hydrogens is 272 g/mol. The molecule has 0 spiro atoms. The predicted octanol–water partition coefficient (Wildman–Crippen LogP) is 3.73. The van der Waals surface area contributed by atoms with Crippen molar-refractivity contribution in [3.8, 4) is 5.75 Å². The van der Waals surface area contributed by atoms with Crippen LogP contribution in [-0.4, -0.2) is 16.2 Å². The summed E-state index contributed by atoms with van der Waals surface area (Å²) in [6, 6.07) is 12.9. The molecule has 2 rings (SSSR count). The van der Waals surface area contributed by atoms with Crippen molar-refractivity contribution in [1.29, 1.82) is 0 Å². The first-order valence-corrected chi connectivity index (χ1v) is 7.20. The largest absolute Gasteiger partial charge is 0.508 e. The summed E-state index contributed by atoms with van der Waals surface area (Å²) < 4.78 is 0. The van der Waals surface area contributed by atoms with E-state index in [0.717, 1.165) is 27.3 Å². The average molecular weight is 288 g/mol. The molecule has 0 amide bonds. The maximum absolute atomic E-state index is 10.6. The van der Waals surface area contributed by atoms with Crippen LogP contribution >= 0.6 is 11.8 Å². The molecule has 0 bridgehead atoms. The number of hydrogen-bond donors (Lipinski definition) is 2. The standard InChI is InChI=1S/C16H16O3S/c1-2-12-10-13(17)5-8-15(12)20-14-6-3-11(4-7-14)9-16(18)19/h3-8,10,17H,2,9H2,1H3,(H,18,19). The van der Waals surface area contributed by atoms with Gasteiger partial charge in [-0.1, -0.05) is 30.8 Å². The van der Waals surface area contributed by atoms with Crippen molar-refractivity contribution in [2.45, 2.75) is 29.6 Å². The Morgan fingerprint density at radius 1 is 1.15 bits per heavy atom. The number of aliphatic carboxylic acids is 1. The highest BCUT2D eigenvalue weighted by Crippen LogP contribution is 2.32. The van der Waals surface area contributed by atoms with Crippen LogP contribution in [0.5, 0.6) is 5.75 Å². The molecule has 0 atom stereocenters. The number of carbonyl (C=O) groups is 1. The summed E-state index contributed by atoms with van der Waals surface area (Å²) in [6.07, 6.45) is 0.901. The summed E-state index contributed by atoms with van der Waals surface area (Å²) in [5.74, 6) is -0.541. The Kier molecular flexibility index (Phi) is 4.69. The highest BCUT2D eigenvalue weighted by molar-refractivity contribution is 7.99. The van der Waals surface area contributed by atoms with Gasteiger partial charge in [0.1, 0.15) is 5.75 Å². The summed E-state index contributed by atoms with van der Waals surface area (Å²) in [6.45, 7) is 2.05. The quantitative estimate of drug-likeness (QED) is 0.880. The van der Waals surface area contributed by atoms with Gasteiger partial charge in [-0.25, -0.2) is 0 Å². The molecule has 0 radical (unpaired) electrons. The first-order chi connectivity index (χ1) is 9.58. The number of aromatic hydroxyl groups is 1. The van der Waals surface area contributed by atoms with E-state index in [-0.39, 0.29) is 12.2 Å². The van der Waals surface area contributed by atoms with Gasteiger partial charge < -0.3 is 10.2 Å². The zero-order chi connectivity index (χ0) is 14.5. The number of phenols is 1. The Labute approximate surface area is 122 Å². The zero-order valence-electron chi connectivity index (χ0n) is 11.2. The molecule has 4 heteroatoms. The Balaban J connectivity index is 2.16. The van der Waals surface area contributed by atoms with Crippen LogP contribution in [0.25, 0.3) is 0 Å². The Morgan fingerprint density at radius 3 is 2.45 bits per heavy atom. The number of aryl methyl sites for hydroxylation is 1. The van der Waals surface area contributed by atoms with Crippen molar-refractivity contribution in [2.24, 2.45) is 0 Å². The minimum atomic E-state index is -0.822. The highest BCUT2D eigenvalue weighted by atomic mass is 32.2. The van der Waals surface area contributed by atoms with Crippen molar-refractivity contribution in [1.82, 2.24) is 0 Å². The number of hydrogen-bond acceptors (Lipinski definition) is 3. The summed E-state index contributed by atoms with van der Waals surface area (Å²) in [5, 5.41) is 18.2. The lowest BCUT2D eigenvalue weighted by Gasteiger charge is -2.08. The number of phenolic OH excluding ortho intramolecular Hbond substituents is 1. The van der Waals surface area contributed by atoms with Crippen LogP contribution < -0.4 is 0 Å². The Hall–Kier alpha value is -1.94. The predicted molar refractivity (Wildman–Crippen MR) is 79.4 cm³/mol. The maximum Gasteiger partial charge on any atom is 0.307 e. The third-order valence-electron chi connectivity index (χ3n) is 2.93. The lowest BCUT2D eigenvalue weighted by Crippen LogP contribution is -1.99. The zero-order valence-corrected chi connectivity index (χ0v) is 12.0. The summed E-state index contributed by atoms with van der Waals surface area (Å²) >= 11 is 1.62. The average Bonchev–Trinajstić information content (AvgIpc) is 2.42. The van der Waals surface area contributed by atoms with Gasteiger partial charge in [0.2, 0.25) is 0 Å². The van der Waals surface area contributed by atoms with E-state index in [9.17, 15) is 9.90 Å². The Bertz CT molecular complexity index is 606. The molecule has 2 N–H and O–H groups in total. The maximum atomic E-state index is 10.6. The van der Waals surface area contributed by atoms with Gasteiger partial charge in [-0.15, -0.1) is 0 Å². The third-order valence-corrected chi connectivity index (χ3v) is 4.06. The van der Waals surface area contributed by atoms with Gasteiger partial charge in [0.15, 0.2) is 0 Å². The minimum absolute atomic E-state index is 0.0460. The van der Waals surface area contributed by atoms with Gasteiger partial charge >= 0.3 is 5.97 Å². The molecule has 0 heterocycles. The van der Waals surface area contributed by atoms with Gasteiger partial charge in [0, 0.05) is 9.79 Å². The molecule has 0 aliphatic carbocycles. The van der Waals surface area contributed by atoms with E-state index < -0.39 is 5.97 Å². The molecule has 0 saturated carbocycles. The van der Waals surface area contributed by atoms with E-state index >= 15 is 0 Å². The second-order valence-electron chi connectivity index (χ2n) is 4.46. The van der Waals surface area contributed by atoms with Gasteiger partial charge in [0.05, 0.1) is 6.42 Å². The molecule has 20 heavy (non-hydrogen) atoms. The Morgan fingerprint density at radius 2 is 1.85 bits per heavy atom. The highest BCUT2D eigenvalue weighted by Gasteiger charge is 2.05. The fourth-order valence-electron chi connectivity index (χ4n) is 1.92. The molecule has 0 unspecified atom stereocenters. The molecule has 3 nitrogen and oxygen atoms in total. The van der Waals surface area contributed by atoms with Crippen LogP contribution in [0.15, 0.2) is 52.3 Å². The van der Waals surface area contributed by atoms with E-state index in [1.807, 2.05) is 30.3 Å². The first kappa shape index (κ1) is 14.5. The minimum Gasteiger partial charge on any atom is -0.508 e. The number of rotatable bonds is 5. The molecule has 2 aromatic carbocycles. The van der Waals surface area contributed by atoms with E-state index in [4.69, 9.17) is 5.11 Å². The SMILES string of the molecule is CCc1cc(O)ccc1Sc1ccc(CC(=O)O)cc1. The fourth-order valence-corrected chi connectivity index (χ4v) is 2.92. The van der Waals surface area contributed by atoms with Gasteiger partial charge in [-0.2, -0.15) is 0 Å². The van der Waals surface area contributed by atoms with E-state index in [1.54, 1.807) is 23.9 Å². The molecule has 2 aromatic rings. The summed E-state index contributed by atoms with van der Waals surface area (Å²) in [4.78, 5) is 12.8. The van der Waals surface area contributed by atoms with Crippen LogP contribution in [0.4, 0.5) is 0 Å². The lowest BCUT2D eigenvalue weighted by atomic mass is 10.1.